The smallest absolute Gasteiger partial charge is 0.416 e. The van der Waals surface area contributed by atoms with Crippen LogP contribution >= 0.6 is 15.9 Å². The summed E-state index contributed by atoms with van der Waals surface area (Å²) in [5, 5.41) is 3.29. The molecule has 2 N–H and O–H groups in total. The molecule has 3 rings (SSSR count). The van der Waals surface area contributed by atoms with Gasteiger partial charge in [0, 0.05) is 22.5 Å². The number of hydrogen-bond donors (Lipinski definition) is 2. The number of alkyl halides is 3. The van der Waals surface area contributed by atoms with Gasteiger partial charge >= 0.3 is 6.18 Å². The highest BCUT2D eigenvalue weighted by molar-refractivity contribution is 9.10. The van der Waals surface area contributed by atoms with Crippen molar-refractivity contribution in [3.8, 4) is 5.75 Å². The summed E-state index contributed by atoms with van der Waals surface area (Å²) in [6, 6.07) is 9.99. The minimum absolute atomic E-state index is 0.0734. The number of rotatable bonds is 6. The highest BCUT2D eigenvalue weighted by atomic mass is 79.9. The molecule has 0 atom stereocenters. The fourth-order valence-corrected chi connectivity index (χ4v) is 2.94. The molecular formula is C19H16BrF3N2O3. The number of methoxy groups -OCH3 is 1. The van der Waals surface area contributed by atoms with Crippen molar-refractivity contribution in [3.05, 3.63) is 58.2 Å². The van der Waals surface area contributed by atoms with E-state index in [2.05, 4.69) is 26.2 Å². The van der Waals surface area contributed by atoms with Crippen LogP contribution in [0.3, 0.4) is 0 Å². The molecule has 5 nitrogen and oxygen atoms in total. The van der Waals surface area contributed by atoms with Gasteiger partial charge in [0.2, 0.25) is 0 Å². The van der Waals surface area contributed by atoms with Crippen LogP contribution in [0.2, 0.25) is 0 Å². The predicted molar refractivity (Wildman–Crippen MR) is 103 cm³/mol. The molecule has 0 fully saturated rings. The third-order valence-electron chi connectivity index (χ3n) is 3.93. The summed E-state index contributed by atoms with van der Waals surface area (Å²) in [6.45, 7) is 0.385. The zero-order valence-corrected chi connectivity index (χ0v) is 16.3. The molecule has 0 radical (unpaired) electrons. The average Bonchev–Trinajstić information content (AvgIpc) is 3.05. The molecule has 0 aliphatic rings. The van der Waals surface area contributed by atoms with Gasteiger partial charge in [0.1, 0.15) is 18.1 Å². The van der Waals surface area contributed by atoms with Crippen LogP contribution in [0.4, 0.5) is 18.9 Å². The Hall–Kier alpha value is -2.52. The molecule has 1 aromatic heterocycles. The van der Waals surface area contributed by atoms with Crippen molar-refractivity contribution in [3.63, 3.8) is 0 Å². The van der Waals surface area contributed by atoms with Gasteiger partial charge in [0.15, 0.2) is 0 Å². The van der Waals surface area contributed by atoms with Crippen LogP contribution < -0.4 is 10.1 Å². The van der Waals surface area contributed by atoms with Crippen molar-refractivity contribution in [2.24, 2.45) is 0 Å². The van der Waals surface area contributed by atoms with Gasteiger partial charge in [-0.15, -0.1) is 0 Å². The number of aromatic nitrogens is 1. The zero-order chi connectivity index (χ0) is 20.3. The van der Waals surface area contributed by atoms with Crippen molar-refractivity contribution in [2.45, 2.75) is 6.18 Å². The lowest BCUT2D eigenvalue weighted by atomic mass is 10.1. The third kappa shape index (κ3) is 4.66. The average molecular weight is 457 g/mol. The summed E-state index contributed by atoms with van der Waals surface area (Å²) in [5.41, 5.74) is -0.0216. The Bertz CT molecular complexity index is 1000. The first-order valence-electron chi connectivity index (χ1n) is 8.20. The van der Waals surface area contributed by atoms with Gasteiger partial charge in [-0.25, -0.2) is 0 Å². The van der Waals surface area contributed by atoms with Gasteiger partial charge in [-0.1, -0.05) is 22.0 Å². The molecule has 0 unspecified atom stereocenters. The monoisotopic (exact) mass is 456 g/mol. The normalized spacial score (nSPS) is 11.6. The van der Waals surface area contributed by atoms with E-state index in [1.54, 1.807) is 12.1 Å². The minimum Gasteiger partial charge on any atom is -0.489 e. The second-order valence-electron chi connectivity index (χ2n) is 5.92. The summed E-state index contributed by atoms with van der Waals surface area (Å²) >= 11 is 3.34. The number of anilines is 1. The van der Waals surface area contributed by atoms with Crippen LogP contribution in [0, 0.1) is 0 Å². The van der Waals surface area contributed by atoms with E-state index in [-0.39, 0.29) is 30.3 Å². The first kappa shape index (κ1) is 20.2. The number of amides is 1. The molecule has 0 spiro atoms. The summed E-state index contributed by atoms with van der Waals surface area (Å²) in [4.78, 5) is 15.5. The number of H-pyrrole nitrogens is 1. The van der Waals surface area contributed by atoms with Gasteiger partial charge in [-0.3, -0.25) is 4.79 Å². The van der Waals surface area contributed by atoms with Crippen molar-refractivity contribution in [1.29, 1.82) is 0 Å². The van der Waals surface area contributed by atoms with Crippen LogP contribution in [-0.2, 0) is 10.9 Å². The number of carbonyl (C=O) groups is 1. The molecule has 2 aromatic carbocycles. The van der Waals surface area contributed by atoms with E-state index in [4.69, 9.17) is 9.47 Å². The minimum atomic E-state index is -4.54. The topological polar surface area (TPSA) is 63.4 Å². The second-order valence-corrected chi connectivity index (χ2v) is 6.83. The molecule has 0 aliphatic carbocycles. The lowest BCUT2D eigenvalue weighted by Crippen LogP contribution is -2.15. The van der Waals surface area contributed by atoms with Crippen LogP contribution in [0.15, 0.2) is 46.9 Å². The summed E-state index contributed by atoms with van der Waals surface area (Å²) in [7, 11) is 1.48. The number of fused-ring (bicyclic) bond motifs is 1. The number of halogens is 4. The molecule has 0 bridgehead atoms. The predicted octanol–water partition coefficient (Wildman–Crippen LogP) is 5.23. The molecular weight excluding hydrogens is 441 g/mol. The van der Waals surface area contributed by atoms with E-state index < -0.39 is 17.6 Å². The Morgan fingerprint density at radius 1 is 1.14 bits per heavy atom. The molecule has 28 heavy (non-hydrogen) atoms. The van der Waals surface area contributed by atoms with Crippen molar-refractivity contribution in [1.82, 2.24) is 4.98 Å². The summed E-state index contributed by atoms with van der Waals surface area (Å²) in [6.07, 6.45) is -4.54. The maximum absolute atomic E-state index is 13.1. The third-order valence-corrected chi connectivity index (χ3v) is 4.42. The molecule has 148 valence electrons. The van der Waals surface area contributed by atoms with E-state index in [1.165, 1.54) is 13.2 Å². The van der Waals surface area contributed by atoms with E-state index >= 15 is 0 Å². The van der Waals surface area contributed by atoms with Crippen molar-refractivity contribution in [2.75, 3.05) is 25.6 Å². The Morgan fingerprint density at radius 2 is 1.93 bits per heavy atom. The Labute approximate surface area is 167 Å². The van der Waals surface area contributed by atoms with Crippen LogP contribution in [-0.4, -0.2) is 31.2 Å². The largest absolute Gasteiger partial charge is 0.489 e. The standard InChI is InChI=1S/C19H16BrF3N2O3/c1-27-6-7-28-17-5-3-12(19(21,22)23)9-15(17)25-18(26)16-8-11-2-4-13(20)10-14(11)24-16/h2-5,8-10,24H,6-7H2,1H3,(H,25,26). The molecule has 0 saturated heterocycles. The summed E-state index contributed by atoms with van der Waals surface area (Å²) in [5.74, 6) is -0.458. The highest BCUT2D eigenvalue weighted by Crippen LogP contribution is 2.35. The molecule has 1 amide bonds. The number of carbonyl (C=O) groups excluding carboxylic acids is 1. The van der Waals surface area contributed by atoms with Crippen molar-refractivity contribution >= 4 is 38.4 Å². The van der Waals surface area contributed by atoms with Gasteiger partial charge in [-0.2, -0.15) is 13.2 Å². The lowest BCUT2D eigenvalue weighted by molar-refractivity contribution is -0.137. The number of hydrogen-bond acceptors (Lipinski definition) is 3. The van der Waals surface area contributed by atoms with E-state index in [1.807, 2.05) is 12.1 Å². The quantitative estimate of drug-likeness (QED) is 0.499. The fourth-order valence-electron chi connectivity index (χ4n) is 2.58. The van der Waals surface area contributed by atoms with Gasteiger partial charge in [0.25, 0.3) is 5.91 Å². The number of benzene rings is 2. The lowest BCUT2D eigenvalue weighted by Gasteiger charge is -2.15. The van der Waals surface area contributed by atoms with E-state index in [0.29, 0.717) is 0 Å². The Morgan fingerprint density at radius 3 is 2.64 bits per heavy atom. The van der Waals surface area contributed by atoms with E-state index in [9.17, 15) is 18.0 Å². The number of nitrogens with one attached hydrogen (secondary N) is 2. The number of ether oxygens (including phenoxy) is 2. The van der Waals surface area contributed by atoms with E-state index in [0.717, 1.165) is 27.5 Å². The zero-order valence-electron chi connectivity index (χ0n) is 14.7. The van der Waals surface area contributed by atoms with Crippen LogP contribution in [0.1, 0.15) is 16.1 Å². The van der Waals surface area contributed by atoms with Crippen molar-refractivity contribution < 1.29 is 27.4 Å². The second kappa shape index (κ2) is 8.24. The van der Waals surface area contributed by atoms with Gasteiger partial charge in [0.05, 0.1) is 17.9 Å². The SMILES string of the molecule is COCCOc1ccc(C(F)(F)F)cc1NC(=O)c1cc2ccc(Br)cc2[nH]1. The van der Waals surface area contributed by atoms with Gasteiger partial charge < -0.3 is 19.8 Å². The first-order valence-corrected chi connectivity index (χ1v) is 9.00. The van der Waals surface area contributed by atoms with Crippen LogP contribution in [0.25, 0.3) is 10.9 Å². The molecule has 3 aromatic rings. The Balaban J connectivity index is 1.89. The highest BCUT2D eigenvalue weighted by Gasteiger charge is 2.31. The Kier molecular flexibility index (Phi) is 5.95. The summed E-state index contributed by atoms with van der Waals surface area (Å²) < 4.78 is 50.3. The molecule has 0 saturated carbocycles. The fraction of sp³-hybridized carbons (Fsp3) is 0.211. The molecule has 9 heteroatoms. The van der Waals surface area contributed by atoms with Gasteiger partial charge in [-0.05, 0) is 36.4 Å². The van der Waals surface area contributed by atoms with Crippen LogP contribution in [0.5, 0.6) is 5.75 Å². The maximum atomic E-state index is 13.1. The maximum Gasteiger partial charge on any atom is 0.416 e. The first-order chi connectivity index (χ1) is 13.3. The number of aromatic amines is 1. The molecule has 1 heterocycles. The molecule has 0 aliphatic heterocycles.